The predicted octanol–water partition coefficient (Wildman–Crippen LogP) is 3.39. The van der Waals surface area contributed by atoms with Gasteiger partial charge in [0.05, 0.1) is 0 Å². The van der Waals surface area contributed by atoms with Crippen LogP contribution in [0.1, 0.15) is 48.0 Å². The highest BCUT2D eigenvalue weighted by molar-refractivity contribution is 9.10. The highest BCUT2D eigenvalue weighted by Crippen LogP contribution is 2.26. The molecule has 3 nitrogen and oxygen atoms in total. The normalized spacial score (nSPS) is 17.8. The molecular weight excluding hydrogens is 316 g/mol. The molecule has 1 aliphatic rings. The molecule has 1 aliphatic carbocycles. The lowest BCUT2D eigenvalue weighted by Gasteiger charge is -2.30. The third kappa shape index (κ3) is 3.83. The SMILES string of the molecule is Cc1cc(Br)ccc1C(=O)NC(CN)C1CCCCC1. The van der Waals surface area contributed by atoms with Crippen LogP contribution in [0, 0.1) is 12.8 Å². The second-order valence-electron chi connectivity index (χ2n) is 5.67. The largest absolute Gasteiger partial charge is 0.348 e. The van der Waals surface area contributed by atoms with Crippen molar-refractivity contribution in [2.45, 2.75) is 45.1 Å². The second-order valence-corrected chi connectivity index (χ2v) is 6.59. The lowest BCUT2D eigenvalue weighted by molar-refractivity contribution is 0.0915. The van der Waals surface area contributed by atoms with Crippen molar-refractivity contribution in [2.75, 3.05) is 6.54 Å². The zero-order valence-corrected chi connectivity index (χ0v) is 13.6. The van der Waals surface area contributed by atoms with E-state index in [-0.39, 0.29) is 11.9 Å². The van der Waals surface area contributed by atoms with Crippen molar-refractivity contribution in [3.8, 4) is 0 Å². The summed E-state index contributed by atoms with van der Waals surface area (Å²) in [6, 6.07) is 5.83. The maximum Gasteiger partial charge on any atom is 0.251 e. The molecule has 1 atom stereocenters. The van der Waals surface area contributed by atoms with E-state index in [2.05, 4.69) is 21.2 Å². The van der Waals surface area contributed by atoms with Crippen molar-refractivity contribution in [2.24, 2.45) is 11.7 Å². The van der Waals surface area contributed by atoms with Gasteiger partial charge in [-0.25, -0.2) is 0 Å². The lowest BCUT2D eigenvalue weighted by Crippen LogP contribution is -2.46. The molecule has 1 fully saturated rings. The van der Waals surface area contributed by atoms with Crippen LogP contribution in [0.25, 0.3) is 0 Å². The van der Waals surface area contributed by atoms with Crippen molar-refractivity contribution in [3.63, 3.8) is 0 Å². The molecule has 1 unspecified atom stereocenters. The maximum atomic E-state index is 12.4. The summed E-state index contributed by atoms with van der Waals surface area (Å²) in [6.45, 7) is 2.48. The van der Waals surface area contributed by atoms with Crippen LogP contribution < -0.4 is 11.1 Å². The highest BCUT2D eigenvalue weighted by Gasteiger charge is 2.24. The summed E-state index contributed by atoms with van der Waals surface area (Å²) in [6.07, 6.45) is 6.19. The second kappa shape index (κ2) is 7.23. The summed E-state index contributed by atoms with van der Waals surface area (Å²) in [7, 11) is 0. The van der Waals surface area contributed by atoms with E-state index in [1.165, 1.54) is 32.1 Å². The number of benzene rings is 1. The molecule has 20 heavy (non-hydrogen) atoms. The minimum absolute atomic E-state index is 0.00368. The van der Waals surface area contributed by atoms with E-state index in [1.54, 1.807) is 0 Å². The van der Waals surface area contributed by atoms with Crippen LogP contribution in [0.5, 0.6) is 0 Å². The Morgan fingerprint density at radius 3 is 2.70 bits per heavy atom. The average Bonchev–Trinajstić information content (AvgIpc) is 2.45. The Labute approximate surface area is 129 Å². The van der Waals surface area contributed by atoms with Gasteiger partial charge in [0.15, 0.2) is 0 Å². The van der Waals surface area contributed by atoms with Crippen molar-refractivity contribution < 1.29 is 4.79 Å². The van der Waals surface area contributed by atoms with Gasteiger partial charge in [-0.1, -0.05) is 35.2 Å². The van der Waals surface area contributed by atoms with Crippen LogP contribution in [0.3, 0.4) is 0 Å². The predicted molar refractivity (Wildman–Crippen MR) is 85.8 cm³/mol. The van der Waals surface area contributed by atoms with Gasteiger partial charge < -0.3 is 11.1 Å². The first kappa shape index (κ1) is 15.5. The van der Waals surface area contributed by atoms with Crippen LogP contribution >= 0.6 is 15.9 Å². The van der Waals surface area contributed by atoms with Gasteiger partial charge in [-0.2, -0.15) is 0 Å². The van der Waals surface area contributed by atoms with E-state index in [1.807, 2.05) is 25.1 Å². The van der Waals surface area contributed by atoms with E-state index in [0.29, 0.717) is 12.5 Å². The minimum atomic E-state index is -0.00368. The smallest absolute Gasteiger partial charge is 0.251 e. The van der Waals surface area contributed by atoms with Crippen molar-refractivity contribution in [3.05, 3.63) is 33.8 Å². The highest BCUT2D eigenvalue weighted by atomic mass is 79.9. The first-order valence-corrected chi connectivity index (χ1v) is 8.18. The first-order valence-electron chi connectivity index (χ1n) is 7.39. The lowest BCUT2D eigenvalue weighted by atomic mass is 9.83. The van der Waals surface area contributed by atoms with E-state index in [9.17, 15) is 4.79 Å². The molecule has 3 N–H and O–H groups in total. The van der Waals surface area contributed by atoms with E-state index in [0.717, 1.165) is 15.6 Å². The molecule has 0 saturated heterocycles. The number of amides is 1. The number of nitrogens with two attached hydrogens (primary N) is 1. The van der Waals surface area contributed by atoms with Gasteiger partial charge in [-0.3, -0.25) is 4.79 Å². The van der Waals surface area contributed by atoms with Crippen molar-refractivity contribution in [1.29, 1.82) is 0 Å². The Hall–Kier alpha value is -0.870. The molecule has 0 radical (unpaired) electrons. The number of nitrogens with one attached hydrogen (secondary N) is 1. The van der Waals surface area contributed by atoms with E-state index >= 15 is 0 Å². The van der Waals surface area contributed by atoms with Crippen LogP contribution in [0.15, 0.2) is 22.7 Å². The molecule has 2 rings (SSSR count). The topological polar surface area (TPSA) is 55.1 Å². The van der Waals surface area contributed by atoms with Gasteiger partial charge in [-0.15, -0.1) is 0 Å². The van der Waals surface area contributed by atoms with Gasteiger partial charge in [0.1, 0.15) is 0 Å². The fourth-order valence-electron chi connectivity index (χ4n) is 3.03. The molecular formula is C16H23BrN2O. The Bertz CT molecular complexity index is 470. The molecule has 0 heterocycles. The number of halogens is 1. The molecule has 1 aromatic rings. The quantitative estimate of drug-likeness (QED) is 0.883. The molecule has 1 saturated carbocycles. The summed E-state index contributed by atoms with van der Waals surface area (Å²) in [5.41, 5.74) is 7.59. The van der Waals surface area contributed by atoms with Gasteiger partial charge in [0.25, 0.3) is 5.91 Å². The summed E-state index contributed by atoms with van der Waals surface area (Å²) < 4.78 is 0.995. The summed E-state index contributed by atoms with van der Waals surface area (Å²) in [5, 5.41) is 3.13. The van der Waals surface area contributed by atoms with Gasteiger partial charge in [0.2, 0.25) is 0 Å². The van der Waals surface area contributed by atoms with Crippen LogP contribution in [0.2, 0.25) is 0 Å². The minimum Gasteiger partial charge on any atom is -0.348 e. The Morgan fingerprint density at radius 1 is 1.40 bits per heavy atom. The van der Waals surface area contributed by atoms with E-state index < -0.39 is 0 Å². The Balaban J connectivity index is 2.04. The number of carbonyl (C=O) groups excluding carboxylic acids is 1. The molecule has 0 spiro atoms. The monoisotopic (exact) mass is 338 g/mol. The number of rotatable bonds is 4. The molecule has 0 aromatic heterocycles. The zero-order valence-electron chi connectivity index (χ0n) is 12.0. The van der Waals surface area contributed by atoms with Gasteiger partial charge >= 0.3 is 0 Å². The number of aryl methyl sites for hydroxylation is 1. The fraction of sp³-hybridized carbons (Fsp3) is 0.562. The summed E-state index contributed by atoms with van der Waals surface area (Å²) in [5.74, 6) is 0.532. The zero-order chi connectivity index (χ0) is 14.5. The van der Waals surface area contributed by atoms with Crippen molar-refractivity contribution in [1.82, 2.24) is 5.32 Å². The third-order valence-electron chi connectivity index (χ3n) is 4.22. The number of carbonyl (C=O) groups is 1. The summed E-state index contributed by atoms with van der Waals surface area (Å²) in [4.78, 5) is 12.4. The Kier molecular flexibility index (Phi) is 5.61. The Morgan fingerprint density at radius 2 is 2.10 bits per heavy atom. The first-order chi connectivity index (χ1) is 9.61. The van der Waals surface area contributed by atoms with Crippen molar-refractivity contribution >= 4 is 21.8 Å². The molecule has 0 aliphatic heterocycles. The maximum absolute atomic E-state index is 12.4. The van der Waals surface area contributed by atoms with E-state index in [4.69, 9.17) is 5.73 Å². The standard InChI is InChI=1S/C16H23BrN2O/c1-11-9-13(17)7-8-14(11)16(20)19-15(10-18)12-5-3-2-4-6-12/h7-9,12,15H,2-6,10,18H2,1H3,(H,19,20). The van der Waals surface area contributed by atoms with Crippen LogP contribution in [0.4, 0.5) is 0 Å². The fourth-order valence-corrected chi connectivity index (χ4v) is 3.51. The molecule has 1 aromatic carbocycles. The molecule has 4 heteroatoms. The van der Waals surface area contributed by atoms with Crippen LogP contribution in [-0.2, 0) is 0 Å². The number of hydrogen-bond donors (Lipinski definition) is 2. The van der Waals surface area contributed by atoms with Gasteiger partial charge in [0, 0.05) is 22.6 Å². The van der Waals surface area contributed by atoms with Crippen LogP contribution in [-0.4, -0.2) is 18.5 Å². The molecule has 0 bridgehead atoms. The number of hydrogen-bond acceptors (Lipinski definition) is 2. The third-order valence-corrected chi connectivity index (χ3v) is 4.72. The molecule has 1 amide bonds. The average molecular weight is 339 g/mol. The van der Waals surface area contributed by atoms with Gasteiger partial charge in [-0.05, 0) is 49.4 Å². The summed E-state index contributed by atoms with van der Waals surface area (Å²) >= 11 is 3.42. The molecule has 110 valence electrons.